The second-order valence-corrected chi connectivity index (χ2v) is 7.70. The van der Waals surface area contributed by atoms with Crippen LogP contribution in [-0.4, -0.2) is 15.6 Å². The first-order chi connectivity index (χ1) is 13.0. The van der Waals surface area contributed by atoms with E-state index in [1.54, 1.807) is 30.0 Å². The zero-order valence-corrected chi connectivity index (χ0v) is 16.1. The molecule has 3 nitrogen and oxygen atoms in total. The number of benzene rings is 3. The first-order valence-corrected chi connectivity index (χ1v) is 9.61. The Morgan fingerprint density at radius 3 is 2.52 bits per heavy atom. The Morgan fingerprint density at radius 1 is 1.00 bits per heavy atom. The maximum absolute atomic E-state index is 11.3. The number of carbonyl (C=O) groups is 1. The highest BCUT2D eigenvalue weighted by atomic mass is 35.5. The molecule has 4 rings (SSSR count). The van der Waals surface area contributed by atoms with E-state index in [1.807, 2.05) is 42.5 Å². The van der Waals surface area contributed by atoms with Crippen molar-refractivity contribution in [3.63, 3.8) is 0 Å². The van der Waals surface area contributed by atoms with Crippen LogP contribution in [-0.2, 0) is 0 Å². The Hall–Kier alpha value is -2.69. The minimum atomic E-state index is -0.923. The molecule has 0 fully saturated rings. The summed E-state index contributed by atoms with van der Waals surface area (Å²) in [6, 6.07) is 23.0. The highest BCUT2D eigenvalue weighted by molar-refractivity contribution is 7.99. The van der Waals surface area contributed by atoms with Crippen molar-refractivity contribution in [2.24, 2.45) is 0 Å². The van der Waals surface area contributed by atoms with Crippen LogP contribution in [0.2, 0.25) is 5.02 Å². The molecular formula is C22H16ClNO2S. The van der Waals surface area contributed by atoms with Gasteiger partial charge in [-0.05, 0) is 49.4 Å². The molecule has 1 N–H and O–H groups in total. The number of para-hydroxylation sites is 1. The lowest BCUT2D eigenvalue weighted by Gasteiger charge is -2.09. The van der Waals surface area contributed by atoms with Crippen molar-refractivity contribution in [2.45, 2.75) is 16.7 Å². The molecule has 0 bridgehead atoms. The number of carboxylic acid groups (broad SMARTS) is 1. The molecule has 0 amide bonds. The van der Waals surface area contributed by atoms with E-state index in [1.165, 1.54) is 0 Å². The van der Waals surface area contributed by atoms with Crippen molar-refractivity contribution in [2.75, 3.05) is 0 Å². The van der Waals surface area contributed by atoms with Crippen LogP contribution in [0.5, 0.6) is 0 Å². The van der Waals surface area contributed by atoms with Crippen LogP contribution >= 0.6 is 23.4 Å². The maximum atomic E-state index is 11.3. The van der Waals surface area contributed by atoms with Crippen LogP contribution in [0.1, 0.15) is 16.1 Å². The quantitative estimate of drug-likeness (QED) is 0.433. The third kappa shape index (κ3) is 3.34. The van der Waals surface area contributed by atoms with Crippen molar-refractivity contribution in [1.29, 1.82) is 0 Å². The Morgan fingerprint density at radius 2 is 1.78 bits per heavy atom. The average molecular weight is 394 g/mol. The molecule has 0 atom stereocenters. The van der Waals surface area contributed by atoms with E-state index in [0.717, 1.165) is 32.1 Å². The van der Waals surface area contributed by atoms with Crippen molar-refractivity contribution in [3.05, 3.63) is 89.1 Å². The first kappa shape index (κ1) is 17.7. The topological polar surface area (TPSA) is 42.2 Å². The van der Waals surface area contributed by atoms with Crippen LogP contribution < -0.4 is 0 Å². The Bertz CT molecular complexity index is 1150. The minimum absolute atomic E-state index is 0.285. The van der Waals surface area contributed by atoms with Crippen molar-refractivity contribution >= 4 is 40.2 Å². The summed E-state index contributed by atoms with van der Waals surface area (Å²) in [6.45, 7) is 2.07. The molecule has 0 saturated carbocycles. The van der Waals surface area contributed by atoms with Gasteiger partial charge in [0.15, 0.2) is 0 Å². The molecule has 5 heteroatoms. The highest BCUT2D eigenvalue weighted by Gasteiger charge is 2.17. The van der Waals surface area contributed by atoms with Crippen LogP contribution in [0.3, 0.4) is 0 Å². The average Bonchev–Trinajstić information content (AvgIpc) is 2.93. The second-order valence-electron chi connectivity index (χ2n) is 6.18. The van der Waals surface area contributed by atoms with Gasteiger partial charge in [-0.3, -0.25) is 0 Å². The lowest BCUT2D eigenvalue weighted by atomic mass is 10.2. The molecule has 0 unspecified atom stereocenters. The molecule has 0 aliphatic carbocycles. The van der Waals surface area contributed by atoms with Gasteiger partial charge in [0, 0.05) is 31.6 Å². The standard InChI is InChI=1S/C22H16ClNO2S/c1-14-21(27-18-9-5-6-15(12-18)22(25)26)19-11-10-16(23)13-20(19)24(14)17-7-3-2-4-8-17/h2-13H,1H3,(H,25,26). The summed E-state index contributed by atoms with van der Waals surface area (Å²) in [5.74, 6) is -0.923. The zero-order valence-electron chi connectivity index (χ0n) is 14.5. The predicted octanol–water partition coefficient (Wildman–Crippen LogP) is 6.44. The molecule has 1 aromatic heterocycles. The van der Waals surface area contributed by atoms with E-state index in [4.69, 9.17) is 11.6 Å². The van der Waals surface area contributed by atoms with Gasteiger partial charge in [0.1, 0.15) is 0 Å². The van der Waals surface area contributed by atoms with E-state index in [-0.39, 0.29) is 5.56 Å². The fourth-order valence-corrected chi connectivity index (χ4v) is 4.46. The molecule has 0 saturated heterocycles. The normalized spacial score (nSPS) is 11.0. The van der Waals surface area contributed by atoms with Crippen LogP contribution in [0.4, 0.5) is 0 Å². The van der Waals surface area contributed by atoms with E-state index >= 15 is 0 Å². The number of rotatable bonds is 4. The van der Waals surface area contributed by atoms with Crippen molar-refractivity contribution in [1.82, 2.24) is 4.57 Å². The number of aromatic nitrogens is 1. The van der Waals surface area contributed by atoms with Crippen LogP contribution in [0, 0.1) is 6.92 Å². The molecule has 27 heavy (non-hydrogen) atoms. The number of carboxylic acids is 1. The predicted molar refractivity (Wildman–Crippen MR) is 111 cm³/mol. The molecule has 1 heterocycles. The van der Waals surface area contributed by atoms with Gasteiger partial charge in [0.25, 0.3) is 0 Å². The minimum Gasteiger partial charge on any atom is -0.478 e. The maximum Gasteiger partial charge on any atom is 0.335 e. The molecule has 3 aromatic carbocycles. The van der Waals surface area contributed by atoms with Gasteiger partial charge >= 0.3 is 5.97 Å². The monoisotopic (exact) mass is 393 g/mol. The second kappa shape index (κ2) is 7.14. The SMILES string of the molecule is Cc1c(Sc2cccc(C(=O)O)c2)c2ccc(Cl)cc2n1-c1ccccc1. The van der Waals surface area contributed by atoms with Gasteiger partial charge in [-0.2, -0.15) is 0 Å². The molecule has 4 aromatic rings. The Balaban J connectivity index is 1.90. The van der Waals surface area contributed by atoms with Gasteiger partial charge in [0.05, 0.1) is 11.1 Å². The van der Waals surface area contributed by atoms with Gasteiger partial charge in [-0.1, -0.05) is 53.7 Å². The zero-order chi connectivity index (χ0) is 19.0. The third-order valence-electron chi connectivity index (χ3n) is 4.42. The summed E-state index contributed by atoms with van der Waals surface area (Å²) < 4.78 is 2.19. The molecule has 0 aliphatic heterocycles. The van der Waals surface area contributed by atoms with Crippen LogP contribution in [0.15, 0.2) is 82.6 Å². The smallest absolute Gasteiger partial charge is 0.335 e. The number of hydrogen-bond acceptors (Lipinski definition) is 2. The molecule has 0 radical (unpaired) electrons. The summed E-state index contributed by atoms with van der Waals surface area (Å²) in [5, 5.41) is 11.0. The molecule has 0 spiro atoms. The Labute approximate surface area is 166 Å². The first-order valence-electron chi connectivity index (χ1n) is 8.42. The van der Waals surface area contributed by atoms with Gasteiger partial charge in [-0.15, -0.1) is 0 Å². The number of nitrogens with zero attached hydrogens (tertiary/aromatic N) is 1. The summed E-state index contributed by atoms with van der Waals surface area (Å²) in [4.78, 5) is 13.3. The number of halogens is 1. The third-order valence-corrected chi connectivity index (χ3v) is 5.87. The van der Waals surface area contributed by atoms with E-state index in [9.17, 15) is 9.90 Å². The van der Waals surface area contributed by atoms with Crippen LogP contribution in [0.25, 0.3) is 16.6 Å². The van der Waals surface area contributed by atoms with Gasteiger partial charge < -0.3 is 9.67 Å². The van der Waals surface area contributed by atoms with E-state index in [0.29, 0.717) is 5.02 Å². The van der Waals surface area contributed by atoms with E-state index in [2.05, 4.69) is 23.6 Å². The summed E-state index contributed by atoms with van der Waals surface area (Å²) >= 11 is 7.84. The number of fused-ring (bicyclic) bond motifs is 1. The largest absolute Gasteiger partial charge is 0.478 e. The van der Waals surface area contributed by atoms with Gasteiger partial charge in [0.2, 0.25) is 0 Å². The van der Waals surface area contributed by atoms with E-state index < -0.39 is 5.97 Å². The fraction of sp³-hybridized carbons (Fsp3) is 0.0455. The molecule has 134 valence electrons. The lowest BCUT2D eigenvalue weighted by Crippen LogP contribution is -1.96. The summed E-state index contributed by atoms with van der Waals surface area (Å²) in [6.07, 6.45) is 0. The van der Waals surface area contributed by atoms with Crippen molar-refractivity contribution < 1.29 is 9.90 Å². The summed E-state index contributed by atoms with van der Waals surface area (Å²) in [7, 11) is 0. The molecular weight excluding hydrogens is 378 g/mol. The lowest BCUT2D eigenvalue weighted by molar-refractivity contribution is 0.0696. The highest BCUT2D eigenvalue weighted by Crippen LogP contribution is 2.40. The Kier molecular flexibility index (Phi) is 4.68. The molecule has 0 aliphatic rings. The number of aromatic carboxylic acids is 1. The van der Waals surface area contributed by atoms with Gasteiger partial charge in [-0.25, -0.2) is 4.79 Å². The fourth-order valence-electron chi connectivity index (χ4n) is 3.21. The summed E-state index contributed by atoms with van der Waals surface area (Å²) in [5.41, 5.74) is 3.47. The van der Waals surface area contributed by atoms with Crippen molar-refractivity contribution in [3.8, 4) is 5.69 Å². The number of hydrogen-bond donors (Lipinski definition) is 1.